The average Bonchev–Trinajstić information content (AvgIpc) is 3.14. The summed E-state index contributed by atoms with van der Waals surface area (Å²) in [4.78, 5) is 14.8. The molecule has 4 heteroatoms. The fourth-order valence-electron chi connectivity index (χ4n) is 3.56. The van der Waals surface area contributed by atoms with Gasteiger partial charge in [-0.3, -0.25) is 10.1 Å². The Morgan fingerprint density at radius 2 is 1.90 bits per heavy atom. The molecule has 2 atom stereocenters. The van der Waals surface area contributed by atoms with Crippen molar-refractivity contribution in [2.24, 2.45) is 0 Å². The minimum atomic E-state index is -0.0438. The number of ether oxygens (including phenoxy) is 1. The van der Waals surface area contributed by atoms with Crippen molar-refractivity contribution in [3.8, 4) is 5.75 Å². The van der Waals surface area contributed by atoms with Crippen molar-refractivity contribution in [1.82, 2.24) is 10.2 Å². The van der Waals surface area contributed by atoms with Gasteiger partial charge in [0.25, 0.3) is 0 Å². The lowest BCUT2D eigenvalue weighted by Gasteiger charge is -2.30. The fraction of sp³-hybridized carbons (Fsp3) is 0.588. The van der Waals surface area contributed by atoms with Gasteiger partial charge >= 0.3 is 0 Å². The molecule has 2 fully saturated rings. The maximum atomic E-state index is 12.7. The van der Waals surface area contributed by atoms with Gasteiger partial charge in [0.1, 0.15) is 11.9 Å². The van der Waals surface area contributed by atoms with Gasteiger partial charge in [-0.2, -0.15) is 0 Å². The smallest absolute Gasteiger partial charge is 0.241 e. The molecule has 1 saturated heterocycles. The monoisotopic (exact) mass is 288 g/mol. The predicted molar refractivity (Wildman–Crippen MR) is 82.1 cm³/mol. The Balaban J connectivity index is 1.87. The molecule has 0 aromatic heterocycles. The quantitative estimate of drug-likeness (QED) is 0.926. The van der Waals surface area contributed by atoms with Crippen LogP contribution in [0.3, 0.4) is 0 Å². The van der Waals surface area contributed by atoms with Crippen molar-refractivity contribution in [1.29, 1.82) is 0 Å². The van der Waals surface area contributed by atoms with Crippen LogP contribution in [-0.2, 0) is 4.79 Å². The number of hydrogen-bond acceptors (Lipinski definition) is 3. The summed E-state index contributed by atoms with van der Waals surface area (Å²) in [7, 11) is 1.67. The van der Waals surface area contributed by atoms with Gasteiger partial charge < -0.3 is 9.64 Å². The first-order valence-corrected chi connectivity index (χ1v) is 7.96. The molecule has 114 valence electrons. The zero-order valence-electron chi connectivity index (χ0n) is 12.8. The van der Waals surface area contributed by atoms with E-state index < -0.39 is 0 Å². The first-order valence-electron chi connectivity index (χ1n) is 7.96. The molecule has 0 spiro atoms. The normalized spacial score (nSPS) is 26.6. The summed E-state index contributed by atoms with van der Waals surface area (Å²) in [5.41, 5.74) is 1.15. The van der Waals surface area contributed by atoms with Crippen LogP contribution in [0.5, 0.6) is 5.75 Å². The van der Waals surface area contributed by atoms with Crippen LogP contribution in [0.25, 0.3) is 0 Å². The lowest BCUT2D eigenvalue weighted by atomic mass is 10.1. The number of hydrogen-bond donors (Lipinski definition) is 1. The van der Waals surface area contributed by atoms with E-state index in [9.17, 15) is 4.79 Å². The molecule has 1 aliphatic heterocycles. The number of benzene rings is 1. The van der Waals surface area contributed by atoms with Crippen LogP contribution >= 0.6 is 0 Å². The second-order valence-corrected chi connectivity index (χ2v) is 5.99. The summed E-state index contributed by atoms with van der Waals surface area (Å²) in [6.45, 7) is 2.07. The van der Waals surface area contributed by atoms with Gasteiger partial charge in [0.2, 0.25) is 5.91 Å². The first-order chi connectivity index (χ1) is 10.2. The minimum absolute atomic E-state index is 0.0106. The van der Waals surface area contributed by atoms with Crippen LogP contribution < -0.4 is 10.1 Å². The number of rotatable bonds is 4. The van der Waals surface area contributed by atoms with Crippen LogP contribution in [0.2, 0.25) is 0 Å². The molecular weight excluding hydrogens is 264 g/mol. The molecule has 1 N–H and O–H groups in total. The molecule has 0 radical (unpaired) electrons. The van der Waals surface area contributed by atoms with Gasteiger partial charge in [-0.05, 0) is 37.0 Å². The number of nitrogens with one attached hydrogen (secondary N) is 1. The Bertz CT molecular complexity index is 494. The van der Waals surface area contributed by atoms with E-state index in [2.05, 4.69) is 29.3 Å². The molecule has 3 rings (SSSR count). The lowest BCUT2D eigenvalue weighted by Crippen LogP contribution is -2.38. The Morgan fingerprint density at radius 1 is 1.24 bits per heavy atom. The molecule has 21 heavy (non-hydrogen) atoms. The van der Waals surface area contributed by atoms with Crippen LogP contribution in [0.4, 0.5) is 0 Å². The van der Waals surface area contributed by atoms with Crippen molar-refractivity contribution in [3.63, 3.8) is 0 Å². The van der Waals surface area contributed by atoms with Crippen LogP contribution in [0.15, 0.2) is 24.3 Å². The van der Waals surface area contributed by atoms with Crippen molar-refractivity contribution >= 4 is 5.91 Å². The Kier molecular flexibility index (Phi) is 4.15. The lowest BCUT2D eigenvalue weighted by molar-refractivity contribution is -0.132. The SMILES string of the molecule is CCC1NC(c2ccc(OC)cc2)N(C2CCCC2)C1=O. The van der Waals surface area contributed by atoms with Crippen LogP contribution in [0.1, 0.15) is 50.8 Å². The minimum Gasteiger partial charge on any atom is -0.497 e. The standard InChI is InChI=1S/C17H24N2O2/c1-3-15-17(20)19(13-6-4-5-7-13)16(18-15)12-8-10-14(21-2)11-9-12/h8-11,13,15-16,18H,3-7H2,1-2H3. The van der Waals surface area contributed by atoms with Gasteiger partial charge in [-0.15, -0.1) is 0 Å². The molecule has 1 aromatic carbocycles. The maximum absolute atomic E-state index is 12.7. The van der Waals surface area contributed by atoms with Gasteiger partial charge in [0.05, 0.1) is 13.2 Å². The maximum Gasteiger partial charge on any atom is 0.241 e. The molecular formula is C17H24N2O2. The highest BCUT2D eigenvalue weighted by Gasteiger charge is 2.42. The molecule has 2 unspecified atom stereocenters. The van der Waals surface area contributed by atoms with Gasteiger partial charge in [0, 0.05) is 6.04 Å². The van der Waals surface area contributed by atoms with E-state index in [1.165, 1.54) is 12.8 Å². The third-order valence-electron chi connectivity index (χ3n) is 4.75. The highest BCUT2D eigenvalue weighted by atomic mass is 16.5. The van der Waals surface area contributed by atoms with E-state index in [0.29, 0.717) is 6.04 Å². The van der Waals surface area contributed by atoms with Gasteiger partial charge in [0.15, 0.2) is 0 Å². The van der Waals surface area contributed by atoms with Crippen molar-refractivity contribution in [2.45, 2.75) is 57.3 Å². The Hall–Kier alpha value is -1.55. The topological polar surface area (TPSA) is 41.6 Å². The summed E-state index contributed by atoms with van der Waals surface area (Å²) >= 11 is 0. The number of carbonyl (C=O) groups is 1. The molecule has 4 nitrogen and oxygen atoms in total. The summed E-state index contributed by atoms with van der Waals surface area (Å²) in [6.07, 6.45) is 5.60. The molecule has 1 saturated carbocycles. The van der Waals surface area contributed by atoms with Gasteiger partial charge in [-0.1, -0.05) is 31.9 Å². The second kappa shape index (κ2) is 6.06. The second-order valence-electron chi connectivity index (χ2n) is 5.99. The molecule has 0 bridgehead atoms. The van der Waals surface area contributed by atoms with Crippen LogP contribution in [-0.4, -0.2) is 30.0 Å². The highest BCUT2D eigenvalue weighted by Crippen LogP contribution is 2.35. The summed E-state index contributed by atoms with van der Waals surface area (Å²) < 4.78 is 5.22. The van der Waals surface area contributed by atoms with Crippen LogP contribution in [0, 0.1) is 0 Å². The third kappa shape index (κ3) is 2.64. The van der Waals surface area contributed by atoms with Crippen molar-refractivity contribution in [2.75, 3.05) is 7.11 Å². The summed E-state index contributed by atoms with van der Waals surface area (Å²) in [5, 5.41) is 3.51. The van der Waals surface area contributed by atoms with E-state index >= 15 is 0 Å². The number of carbonyl (C=O) groups excluding carboxylic acids is 1. The molecule has 1 aliphatic carbocycles. The summed E-state index contributed by atoms with van der Waals surface area (Å²) in [6, 6.07) is 8.40. The molecule has 1 aromatic rings. The molecule has 2 aliphatic rings. The first kappa shape index (κ1) is 14.4. The van der Waals surface area contributed by atoms with Crippen molar-refractivity contribution < 1.29 is 9.53 Å². The number of amides is 1. The highest BCUT2D eigenvalue weighted by molar-refractivity contribution is 5.84. The summed E-state index contributed by atoms with van der Waals surface area (Å²) in [5.74, 6) is 1.12. The average molecular weight is 288 g/mol. The zero-order chi connectivity index (χ0) is 14.8. The van der Waals surface area contributed by atoms with E-state index in [1.807, 2.05) is 12.1 Å². The third-order valence-corrected chi connectivity index (χ3v) is 4.75. The number of nitrogens with zero attached hydrogens (tertiary/aromatic N) is 1. The fourth-order valence-corrected chi connectivity index (χ4v) is 3.56. The number of methoxy groups -OCH3 is 1. The van der Waals surface area contributed by atoms with E-state index in [1.54, 1.807) is 7.11 Å². The van der Waals surface area contributed by atoms with Crippen molar-refractivity contribution in [3.05, 3.63) is 29.8 Å². The van der Waals surface area contributed by atoms with E-state index in [-0.39, 0.29) is 18.1 Å². The zero-order valence-corrected chi connectivity index (χ0v) is 12.8. The Labute approximate surface area is 126 Å². The van der Waals surface area contributed by atoms with E-state index in [4.69, 9.17) is 4.74 Å². The Morgan fingerprint density at radius 3 is 2.48 bits per heavy atom. The molecule has 1 amide bonds. The molecule has 1 heterocycles. The largest absolute Gasteiger partial charge is 0.497 e. The predicted octanol–water partition coefficient (Wildman–Crippen LogP) is 2.85. The van der Waals surface area contributed by atoms with Gasteiger partial charge in [-0.25, -0.2) is 0 Å². The van der Waals surface area contributed by atoms with E-state index in [0.717, 1.165) is 30.6 Å².